The van der Waals surface area contributed by atoms with E-state index in [-0.39, 0.29) is 33.4 Å². The average molecular weight is 593 g/mol. The van der Waals surface area contributed by atoms with Gasteiger partial charge in [-0.2, -0.15) is 0 Å². The maximum atomic E-state index is 12.9. The van der Waals surface area contributed by atoms with E-state index >= 15 is 0 Å². The number of rotatable bonds is 6. The largest absolute Gasteiger partial charge is 0.480 e. The molecule has 1 heterocycles. The predicted octanol–water partition coefficient (Wildman–Crippen LogP) is 6.90. The Labute approximate surface area is 236 Å². The number of thioether (sulfide) groups is 1. The van der Waals surface area contributed by atoms with E-state index < -0.39 is 28.2 Å². The molecule has 196 valence electrons. The van der Waals surface area contributed by atoms with Gasteiger partial charge in [0.15, 0.2) is 0 Å². The lowest BCUT2D eigenvalue weighted by Gasteiger charge is -2.36. The third-order valence-corrected chi connectivity index (χ3v) is 9.51. The molecule has 1 aliphatic heterocycles. The number of hydrogen-bond acceptors (Lipinski definition) is 6. The van der Waals surface area contributed by atoms with Gasteiger partial charge in [0.2, 0.25) is 0 Å². The molecule has 38 heavy (non-hydrogen) atoms. The molecule has 1 saturated carbocycles. The number of amides is 1. The molecule has 8 nitrogen and oxygen atoms in total. The first-order chi connectivity index (χ1) is 18.1. The number of carbonyl (C=O) groups excluding carboxylic acids is 1. The van der Waals surface area contributed by atoms with Gasteiger partial charge in [0.25, 0.3) is 11.6 Å². The van der Waals surface area contributed by atoms with Crippen molar-refractivity contribution < 1.29 is 19.6 Å². The number of fused-ring (bicyclic) bond motifs is 3. The second-order valence-corrected chi connectivity index (χ2v) is 11.7. The number of nitro benzene ring substituents is 1. The monoisotopic (exact) mass is 591 g/mol. The van der Waals surface area contributed by atoms with Gasteiger partial charge in [-0.3, -0.25) is 14.9 Å². The molecule has 1 amide bonds. The minimum Gasteiger partial charge on any atom is -0.480 e. The van der Waals surface area contributed by atoms with Crippen LogP contribution in [0.1, 0.15) is 28.3 Å². The summed E-state index contributed by atoms with van der Waals surface area (Å²) in [7, 11) is 0. The van der Waals surface area contributed by atoms with Crippen molar-refractivity contribution >= 4 is 75.5 Å². The number of nitro groups is 1. The predicted molar refractivity (Wildman–Crippen MR) is 149 cm³/mol. The molecule has 1 aliphatic carbocycles. The number of anilines is 2. The van der Waals surface area contributed by atoms with E-state index in [1.165, 1.54) is 30.0 Å². The molecule has 5 rings (SSSR count). The summed E-state index contributed by atoms with van der Waals surface area (Å²) in [5.74, 6) is -2.14. The molecule has 2 aliphatic rings. The van der Waals surface area contributed by atoms with Crippen molar-refractivity contribution in [3.05, 3.63) is 92.0 Å². The van der Waals surface area contributed by atoms with E-state index in [1.54, 1.807) is 42.5 Å². The Morgan fingerprint density at radius 3 is 2.58 bits per heavy atom. The second kappa shape index (κ2) is 10.6. The fourth-order valence-electron chi connectivity index (χ4n) is 5.18. The van der Waals surface area contributed by atoms with Crippen molar-refractivity contribution in [2.45, 2.75) is 33.9 Å². The summed E-state index contributed by atoms with van der Waals surface area (Å²) in [6, 6.07) is 15.3. The number of carboxylic acid groups (broad SMARTS) is 1. The molecule has 0 saturated heterocycles. The quantitative estimate of drug-likeness (QED) is 0.162. The molecule has 1 fully saturated rings. The topological polar surface area (TPSA) is 122 Å². The van der Waals surface area contributed by atoms with Gasteiger partial charge in [-0.05, 0) is 60.4 Å². The summed E-state index contributed by atoms with van der Waals surface area (Å²) in [5.41, 5.74) is 2.12. The zero-order valence-electron chi connectivity index (χ0n) is 19.4. The molecule has 5 unspecified atom stereocenters. The number of carboxylic acids is 1. The molecule has 0 aromatic heterocycles. The van der Waals surface area contributed by atoms with Crippen LogP contribution < -0.4 is 10.6 Å². The van der Waals surface area contributed by atoms with Crippen LogP contribution in [0, 0.1) is 16.0 Å². The first-order valence-electron chi connectivity index (χ1n) is 11.6. The lowest BCUT2D eigenvalue weighted by atomic mass is 9.79. The van der Waals surface area contributed by atoms with Crippen LogP contribution in [0.2, 0.25) is 10.0 Å². The van der Waals surface area contributed by atoms with Crippen molar-refractivity contribution in [3.63, 3.8) is 0 Å². The van der Waals surface area contributed by atoms with Crippen LogP contribution >= 0.6 is 46.6 Å². The Kier molecular flexibility index (Phi) is 7.46. The highest BCUT2D eigenvalue weighted by Gasteiger charge is 2.52. The molecular weight excluding hydrogens is 573 g/mol. The molecule has 3 N–H and O–H groups in total. The summed E-state index contributed by atoms with van der Waals surface area (Å²) in [5, 5.41) is 27.3. The summed E-state index contributed by atoms with van der Waals surface area (Å²) < 4.78 is 0. The molecule has 3 aromatic carbocycles. The Bertz CT molecular complexity index is 1460. The first-order valence-corrected chi connectivity index (χ1v) is 13.6. The van der Waals surface area contributed by atoms with E-state index in [2.05, 4.69) is 10.6 Å². The van der Waals surface area contributed by atoms with Crippen molar-refractivity contribution in [1.82, 2.24) is 0 Å². The molecule has 12 heteroatoms. The highest BCUT2D eigenvalue weighted by Crippen LogP contribution is 2.55. The van der Waals surface area contributed by atoms with Crippen LogP contribution in [0.3, 0.4) is 0 Å². The minimum absolute atomic E-state index is 0.0181. The highest BCUT2D eigenvalue weighted by molar-refractivity contribution is 8.00. The Morgan fingerprint density at radius 1 is 1.11 bits per heavy atom. The molecule has 5 atom stereocenters. The number of carbonyl (C=O) groups is 2. The lowest BCUT2D eigenvalue weighted by Crippen LogP contribution is -2.42. The van der Waals surface area contributed by atoms with Crippen LogP contribution in [0.5, 0.6) is 0 Å². The maximum Gasteiger partial charge on any atom is 0.326 e. The number of benzene rings is 3. The lowest BCUT2D eigenvalue weighted by molar-refractivity contribution is -0.387. The van der Waals surface area contributed by atoms with Gasteiger partial charge in [-0.1, -0.05) is 35.3 Å². The van der Waals surface area contributed by atoms with Crippen molar-refractivity contribution in [1.29, 1.82) is 0 Å². The number of aliphatic carboxylic acids is 1. The number of alkyl halides is 1. The standard InChI is InChI=1S/C26H20Cl3N3O5S/c27-12-5-7-14(17(28)9-12)25(33)30-13-6-8-18-15(10-13)22-16(24(31-18)26(34)35)11-21(23(22)29)38-20-4-2-1-3-19(20)32(36)37/h1-10,16,21-24,31H,11H2,(H,30,33)(H,34,35). The molecule has 0 radical (unpaired) electrons. The minimum atomic E-state index is -0.999. The normalized spacial score (nSPS) is 23.6. The van der Waals surface area contributed by atoms with Crippen LogP contribution in [0.4, 0.5) is 17.1 Å². The van der Waals surface area contributed by atoms with E-state index in [0.717, 1.165) is 5.56 Å². The molecule has 0 bridgehead atoms. The van der Waals surface area contributed by atoms with Gasteiger partial charge in [-0.15, -0.1) is 23.4 Å². The highest BCUT2D eigenvalue weighted by atomic mass is 35.5. The van der Waals surface area contributed by atoms with Crippen molar-refractivity contribution in [3.8, 4) is 0 Å². The van der Waals surface area contributed by atoms with Gasteiger partial charge >= 0.3 is 5.97 Å². The maximum absolute atomic E-state index is 12.9. The van der Waals surface area contributed by atoms with Gasteiger partial charge in [0.1, 0.15) is 6.04 Å². The smallest absolute Gasteiger partial charge is 0.326 e. The summed E-state index contributed by atoms with van der Waals surface area (Å²) >= 11 is 20.4. The Hall–Kier alpha value is -2.98. The van der Waals surface area contributed by atoms with E-state index in [9.17, 15) is 24.8 Å². The number of hydrogen-bond donors (Lipinski definition) is 3. The Balaban J connectivity index is 1.45. The van der Waals surface area contributed by atoms with Crippen molar-refractivity contribution in [2.75, 3.05) is 10.6 Å². The average Bonchev–Trinajstić information content (AvgIpc) is 3.19. The van der Waals surface area contributed by atoms with Gasteiger partial charge in [0, 0.05) is 33.6 Å². The van der Waals surface area contributed by atoms with Crippen LogP contribution in [0.25, 0.3) is 0 Å². The van der Waals surface area contributed by atoms with Crippen LogP contribution in [-0.4, -0.2) is 38.6 Å². The van der Waals surface area contributed by atoms with Gasteiger partial charge in [0.05, 0.1) is 25.8 Å². The zero-order chi connectivity index (χ0) is 27.1. The third kappa shape index (κ3) is 5.03. The fourth-order valence-corrected chi connectivity index (χ4v) is 7.62. The SMILES string of the molecule is O=C(Nc1ccc2c(c1)C1C(Cl)C(Sc3ccccc3[N+](=O)[O-])CC1C(C(=O)O)N2)c1ccc(Cl)cc1Cl. The molecular formula is C26H20Cl3N3O5S. The van der Waals surface area contributed by atoms with E-state index in [0.29, 0.717) is 27.7 Å². The van der Waals surface area contributed by atoms with Crippen LogP contribution in [0.15, 0.2) is 65.6 Å². The number of nitrogens with one attached hydrogen (secondary N) is 2. The van der Waals surface area contributed by atoms with Crippen molar-refractivity contribution in [2.24, 2.45) is 5.92 Å². The summed E-state index contributed by atoms with van der Waals surface area (Å²) in [4.78, 5) is 36.6. The summed E-state index contributed by atoms with van der Waals surface area (Å²) in [6.07, 6.45) is 0.440. The fraction of sp³-hybridized carbons (Fsp3) is 0.231. The van der Waals surface area contributed by atoms with E-state index in [4.69, 9.17) is 34.8 Å². The number of para-hydroxylation sites is 1. The third-order valence-electron chi connectivity index (χ3n) is 6.85. The van der Waals surface area contributed by atoms with Gasteiger partial charge < -0.3 is 15.7 Å². The Morgan fingerprint density at radius 2 is 1.87 bits per heavy atom. The number of nitrogens with zero attached hydrogens (tertiary/aromatic N) is 1. The summed E-state index contributed by atoms with van der Waals surface area (Å²) in [6.45, 7) is 0. The molecule has 3 aromatic rings. The number of halogens is 3. The van der Waals surface area contributed by atoms with Gasteiger partial charge in [-0.25, -0.2) is 4.79 Å². The zero-order valence-corrected chi connectivity index (χ0v) is 22.5. The first kappa shape index (κ1) is 26.6. The van der Waals surface area contributed by atoms with E-state index in [1.807, 2.05) is 0 Å². The second-order valence-electron chi connectivity index (χ2n) is 9.09. The molecule has 0 spiro atoms. The van der Waals surface area contributed by atoms with Crippen LogP contribution in [-0.2, 0) is 4.79 Å².